The van der Waals surface area contributed by atoms with Gasteiger partial charge in [-0.25, -0.2) is 4.68 Å². The van der Waals surface area contributed by atoms with Gasteiger partial charge in [-0.2, -0.15) is 10.5 Å². The van der Waals surface area contributed by atoms with Gasteiger partial charge >= 0.3 is 5.56 Å². The monoisotopic (exact) mass is 298 g/mol. The number of aromatic nitrogens is 2. The van der Waals surface area contributed by atoms with Crippen LogP contribution in [0, 0.1) is 22.7 Å². The first-order chi connectivity index (χ1) is 10.6. The molecule has 0 spiro atoms. The lowest BCUT2D eigenvalue weighted by molar-refractivity contribution is 0.267. The Bertz CT molecular complexity index is 789. The summed E-state index contributed by atoms with van der Waals surface area (Å²) in [6.45, 7) is 1.82. The van der Waals surface area contributed by atoms with Gasteiger partial charge in [0.1, 0.15) is 5.75 Å². The molecule has 0 saturated carbocycles. The summed E-state index contributed by atoms with van der Waals surface area (Å²) >= 11 is 0. The van der Waals surface area contributed by atoms with E-state index in [1.54, 1.807) is 0 Å². The first kappa shape index (κ1) is 15.4. The molecule has 0 radical (unpaired) electrons. The maximum absolute atomic E-state index is 12.2. The van der Waals surface area contributed by atoms with Crippen molar-refractivity contribution in [1.82, 2.24) is 9.78 Å². The van der Waals surface area contributed by atoms with Crippen LogP contribution < -0.4 is 10.3 Å². The number of benzene rings is 1. The number of H-pyrrole nitrogens is 1. The summed E-state index contributed by atoms with van der Waals surface area (Å²) in [7, 11) is 0. The normalized spacial score (nSPS) is 10.0. The molecule has 112 valence electrons. The van der Waals surface area contributed by atoms with E-state index >= 15 is 0 Å². The van der Waals surface area contributed by atoms with Crippen LogP contribution in [0.1, 0.15) is 23.7 Å². The molecular weight excluding hydrogens is 284 g/mol. The number of nitriles is 2. The minimum Gasteiger partial charge on any atom is -0.449 e. The van der Waals surface area contributed by atoms with Crippen LogP contribution in [0.2, 0.25) is 0 Å². The number of aliphatic hydroxyl groups is 1. The van der Waals surface area contributed by atoms with E-state index in [2.05, 4.69) is 5.10 Å². The SMILES string of the molecule is CCc1[nH]n(CCO)c(=O)c1Oc1cc(C#N)cc(C#N)c1. The number of nitrogens with zero attached hydrogens (tertiary/aromatic N) is 3. The first-order valence-electron chi connectivity index (χ1n) is 6.68. The van der Waals surface area contributed by atoms with Crippen LogP contribution in [0.25, 0.3) is 0 Å². The number of aryl methyl sites for hydroxylation is 1. The van der Waals surface area contributed by atoms with Crippen LogP contribution in [-0.2, 0) is 13.0 Å². The molecule has 1 heterocycles. The van der Waals surface area contributed by atoms with E-state index in [0.717, 1.165) is 0 Å². The molecule has 0 atom stereocenters. The fraction of sp³-hybridized carbons (Fsp3) is 0.267. The Balaban J connectivity index is 2.45. The second-order valence-electron chi connectivity index (χ2n) is 4.53. The zero-order valence-corrected chi connectivity index (χ0v) is 12.0. The fourth-order valence-electron chi connectivity index (χ4n) is 2.02. The van der Waals surface area contributed by atoms with E-state index < -0.39 is 5.56 Å². The summed E-state index contributed by atoms with van der Waals surface area (Å²) in [5, 5.41) is 29.7. The molecule has 1 aromatic carbocycles. The van der Waals surface area contributed by atoms with E-state index in [9.17, 15) is 4.79 Å². The third-order valence-electron chi connectivity index (χ3n) is 3.05. The van der Waals surface area contributed by atoms with Crippen molar-refractivity contribution < 1.29 is 9.84 Å². The Kier molecular flexibility index (Phi) is 4.62. The number of hydrogen-bond donors (Lipinski definition) is 2. The van der Waals surface area contributed by atoms with Gasteiger partial charge in [-0.1, -0.05) is 6.92 Å². The summed E-state index contributed by atoms with van der Waals surface area (Å²) in [6.07, 6.45) is 0.534. The van der Waals surface area contributed by atoms with E-state index in [-0.39, 0.29) is 35.8 Å². The maximum Gasteiger partial charge on any atom is 0.309 e. The Morgan fingerprint density at radius 1 is 1.27 bits per heavy atom. The zero-order chi connectivity index (χ0) is 16.1. The van der Waals surface area contributed by atoms with Gasteiger partial charge in [0.25, 0.3) is 0 Å². The lowest BCUT2D eigenvalue weighted by atomic mass is 10.1. The van der Waals surface area contributed by atoms with Crippen molar-refractivity contribution in [2.24, 2.45) is 0 Å². The van der Waals surface area contributed by atoms with Crippen molar-refractivity contribution in [2.45, 2.75) is 19.9 Å². The van der Waals surface area contributed by atoms with Gasteiger partial charge in [0.2, 0.25) is 5.75 Å². The Labute approximate surface area is 126 Å². The van der Waals surface area contributed by atoms with Gasteiger partial charge in [0.15, 0.2) is 0 Å². The summed E-state index contributed by atoms with van der Waals surface area (Å²) in [6, 6.07) is 8.24. The molecule has 0 aliphatic rings. The number of hydrogen-bond acceptors (Lipinski definition) is 5. The molecule has 7 heteroatoms. The van der Waals surface area contributed by atoms with Crippen LogP contribution in [0.3, 0.4) is 0 Å². The standard InChI is InChI=1S/C15H14N4O3/c1-2-13-14(15(21)19(18-13)3-4-20)22-12-6-10(8-16)5-11(7-12)9-17/h5-7,18,20H,2-4H2,1H3. The lowest BCUT2D eigenvalue weighted by Crippen LogP contribution is -2.19. The molecule has 2 rings (SSSR count). The predicted molar refractivity (Wildman–Crippen MR) is 77.5 cm³/mol. The highest BCUT2D eigenvalue weighted by atomic mass is 16.5. The largest absolute Gasteiger partial charge is 0.449 e. The van der Waals surface area contributed by atoms with Crippen LogP contribution in [0.4, 0.5) is 0 Å². The second kappa shape index (κ2) is 6.61. The molecule has 0 aliphatic carbocycles. The molecule has 7 nitrogen and oxygen atoms in total. The molecule has 0 amide bonds. The van der Waals surface area contributed by atoms with E-state index in [1.807, 2.05) is 19.1 Å². The van der Waals surface area contributed by atoms with Gasteiger partial charge in [-0.05, 0) is 24.6 Å². The van der Waals surface area contributed by atoms with Crippen molar-refractivity contribution in [3.63, 3.8) is 0 Å². The summed E-state index contributed by atoms with van der Waals surface area (Å²) in [4.78, 5) is 12.2. The number of nitrogens with one attached hydrogen (secondary N) is 1. The van der Waals surface area contributed by atoms with Gasteiger partial charge in [-0.15, -0.1) is 0 Å². The summed E-state index contributed by atoms with van der Waals surface area (Å²) in [5.74, 6) is 0.354. The molecule has 1 aromatic heterocycles. The zero-order valence-electron chi connectivity index (χ0n) is 12.0. The number of aromatic amines is 1. The quantitative estimate of drug-likeness (QED) is 0.862. The molecule has 0 bridgehead atoms. The predicted octanol–water partition coefficient (Wildman–Crippen LogP) is 1.27. The van der Waals surface area contributed by atoms with Gasteiger partial charge < -0.3 is 9.84 Å². The van der Waals surface area contributed by atoms with Gasteiger partial charge in [0.05, 0.1) is 42.1 Å². The molecule has 0 aliphatic heterocycles. The summed E-state index contributed by atoms with van der Waals surface area (Å²) in [5.41, 5.74) is 0.739. The summed E-state index contributed by atoms with van der Waals surface area (Å²) < 4.78 is 6.85. The third-order valence-corrected chi connectivity index (χ3v) is 3.05. The van der Waals surface area contributed by atoms with Crippen LogP contribution in [0.15, 0.2) is 23.0 Å². The highest BCUT2D eigenvalue weighted by Crippen LogP contribution is 2.24. The van der Waals surface area contributed by atoms with Crippen molar-refractivity contribution >= 4 is 0 Å². The van der Waals surface area contributed by atoms with Crippen molar-refractivity contribution in [1.29, 1.82) is 10.5 Å². The number of rotatable bonds is 5. The highest BCUT2D eigenvalue weighted by Gasteiger charge is 2.15. The Morgan fingerprint density at radius 2 is 1.91 bits per heavy atom. The minimum atomic E-state index is -0.397. The van der Waals surface area contributed by atoms with Crippen LogP contribution in [-0.4, -0.2) is 21.5 Å². The molecule has 0 unspecified atom stereocenters. The Morgan fingerprint density at radius 3 is 2.41 bits per heavy atom. The fourth-order valence-corrected chi connectivity index (χ4v) is 2.02. The molecule has 2 N–H and O–H groups in total. The van der Waals surface area contributed by atoms with E-state index in [0.29, 0.717) is 12.1 Å². The molecule has 2 aromatic rings. The van der Waals surface area contributed by atoms with E-state index in [1.165, 1.54) is 22.9 Å². The molecule has 22 heavy (non-hydrogen) atoms. The van der Waals surface area contributed by atoms with Crippen molar-refractivity contribution in [2.75, 3.05) is 6.61 Å². The average molecular weight is 298 g/mol. The van der Waals surface area contributed by atoms with Crippen LogP contribution in [0.5, 0.6) is 11.5 Å². The van der Waals surface area contributed by atoms with E-state index in [4.69, 9.17) is 20.4 Å². The Hall–Kier alpha value is -3.03. The van der Waals surface area contributed by atoms with Crippen LogP contribution >= 0.6 is 0 Å². The highest BCUT2D eigenvalue weighted by molar-refractivity contribution is 5.47. The van der Waals surface area contributed by atoms with Crippen molar-refractivity contribution in [3.05, 3.63) is 45.4 Å². The maximum atomic E-state index is 12.2. The first-order valence-corrected chi connectivity index (χ1v) is 6.68. The number of ether oxygens (including phenoxy) is 1. The average Bonchev–Trinajstić information content (AvgIpc) is 2.83. The molecular formula is C15H14N4O3. The lowest BCUT2D eigenvalue weighted by Gasteiger charge is -2.05. The molecule has 0 fully saturated rings. The van der Waals surface area contributed by atoms with Crippen molar-refractivity contribution in [3.8, 4) is 23.6 Å². The topological polar surface area (TPSA) is 115 Å². The molecule has 0 saturated heterocycles. The van der Waals surface area contributed by atoms with Gasteiger partial charge in [-0.3, -0.25) is 9.89 Å². The van der Waals surface area contributed by atoms with Gasteiger partial charge in [0, 0.05) is 0 Å². The third kappa shape index (κ3) is 3.00. The number of aliphatic hydroxyl groups excluding tert-OH is 1. The smallest absolute Gasteiger partial charge is 0.309 e. The second-order valence-corrected chi connectivity index (χ2v) is 4.53. The minimum absolute atomic E-state index is 0.106.